The lowest BCUT2D eigenvalue weighted by molar-refractivity contribution is 0.446. The van der Waals surface area contributed by atoms with E-state index < -0.39 is 17.5 Å². The average molecular weight is 269 g/mol. The Hall–Kier alpha value is -1.98. The number of nitrogen functional groups attached to an aromatic ring is 1. The molecular formula is C13H14F3N3. The van der Waals surface area contributed by atoms with E-state index in [0.29, 0.717) is 5.69 Å². The van der Waals surface area contributed by atoms with Crippen molar-refractivity contribution in [1.82, 2.24) is 9.78 Å². The lowest BCUT2D eigenvalue weighted by Crippen LogP contribution is -2.12. The number of nitrogens with zero attached hydrogens (tertiary/aromatic N) is 2. The van der Waals surface area contributed by atoms with E-state index in [0.717, 1.165) is 12.1 Å². The van der Waals surface area contributed by atoms with Gasteiger partial charge >= 0.3 is 0 Å². The summed E-state index contributed by atoms with van der Waals surface area (Å²) < 4.78 is 40.5. The summed E-state index contributed by atoms with van der Waals surface area (Å²) in [5, 5.41) is 4.20. The van der Waals surface area contributed by atoms with Gasteiger partial charge in [0.05, 0.1) is 11.4 Å². The van der Waals surface area contributed by atoms with Crippen molar-refractivity contribution in [2.75, 3.05) is 5.73 Å². The number of halogens is 3. The first kappa shape index (κ1) is 13.5. The van der Waals surface area contributed by atoms with Crippen molar-refractivity contribution < 1.29 is 13.2 Å². The summed E-state index contributed by atoms with van der Waals surface area (Å²) in [6, 6.07) is 3.33. The lowest BCUT2D eigenvalue weighted by atomic mass is 9.92. The first-order valence-electron chi connectivity index (χ1n) is 5.71. The molecule has 0 aliphatic heterocycles. The fraction of sp³-hybridized carbons (Fsp3) is 0.308. The summed E-state index contributed by atoms with van der Waals surface area (Å²) in [5.74, 6) is -3.83. The van der Waals surface area contributed by atoms with Gasteiger partial charge in [-0.2, -0.15) is 5.10 Å². The lowest BCUT2D eigenvalue weighted by Gasteiger charge is -2.14. The van der Waals surface area contributed by atoms with Crippen molar-refractivity contribution in [1.29, 1.82) is 0 Å². The van der Waals surface area contributed by atoms with Crippen LogP contribution in [0, 0.1) is 17.5 Å². The van der Waals surface area contributed by atoms with Gasteiger partial charge in [0.1, 0.15) is 5.82 Å². The molecule has 0 fully saturated rings. The van der Waals surface area contributed by atoms with Crippen LogP contribution >= 0.6 is 0 Å². The molecule has 3 nitrogen and oxygen atoms in total. The van der Waals surface area contributed by atoms with Gasteiger partial charge in [0.15, 0.2) is 17.5 Å². The molecule has 0 aliphatic rings. The normalized spacial score (nSPS) is 11.9. The number of nitrogens with two attached hydrogens (primary N) is 1. The monoisotopic (exact) mass is 269 g/mol. The zero-order valence-electron chi connectivity index (χ0n) is 10.8. The van der Waals surface area contributed by atoms with Crippen LogP contribution < -0.4 is 5.73 Å². The second kappa shape index (κ2) is 4.29. The predicted octanol–water partition coefficient (Wildman–Crippen LogP) is 3.17. The van der Waals surface area contributed by atoms with Gasteiger partial charge in [-0.25, -0.2) is 17.9 Å². The summed E-state index contributed by atoms with van der Waals surface area (Å²) in [5.41, 5.74) is 6.24. The van der Waals surface area contributed by atoms with Crippen LogP contribution in [0.15, 0.2) is 18.2 Å². The van der Waals surface area contributed by atoms with Crippen molar-refractivity contribution in [3.05, 3.63) is 41.3 Å². The molecule has 0 radical (unpaired) electrons. The second-order valence-electron chi connectivity index (χ2n) is 5.34. The summed E-state index contributed by atoms with van der Waals surface area (Å²) in [7, 11) is 0. The number of hydrogen-bond donors (Lipinski definition) is 1. The zero-order valence-corrected chi connectivity index (χ0v) is 10.8. The molecule has 0 saturated heterocycles. The highest BCUT2D eigenvalue weighted by Gasteiger charge is 2.20. The largest absolute Gasteiger partial charge is 0.384 e. The van der Waals surface area contributed by atoms with E-state index in [1.54, 1.807) is 6.07 Å². The quantitative estimate of drug-likeness (QED) is 0.808. The molecule has 0 spiro atoms. The van der Waals surface area contributed by atoms with Gasteiger partial charge in [0, 0.05) is 23.6 Å². The van der Waals surface area contributed by atoms with Gasteiger partial charge in [-0.3, -0.25) is 0 Å². The third-order valence-corrected chi connectivity index (χ3v) is 2.72. The van der Waals surface area contributed by atoms with Crippen molar-refractivity contribution in [3.63, 3.8) is 0 Å². The van der Waals surface area contributed by atoms with Gasteiger partial charge in [-0.15, -0.1) is 0 Å². The van der Waals surface area contributed by atoms with Gasteiger partial charge in [0.2, 0.25) is 0 Å². The van der Waals surface area contributed by atoms with Crippen LogP contribution in [0.5, 0.6) is 0 Å². The Morgan fingerprint density at radius 3 is 2.00 bits per heavy atom. The first-order chi connectivity index (χ1) is 8.70. The maximum Gasteiger partial charge on any atom is 0.194 e. The van der Waals surface area contributed by atoms with E-state index in [4.69, 9.17) is 5.73 Å². The van der Waals surface area contributed by atoms with E-state index in [2.05, 4.69) is 5.10 Å². The molecule has 6 heteroatoms. The highest BCUT2D eigenvalue weighted by molar-refractivity contribution is 5.44. The molecule has 2 N–H and O–H groups in total. The molecule has 0 unspecified atom stereocenters. The molecule has 0 amide bonds. The summed E-state index contributed by atoms with van der Waals surface area (Å²) in [4.78, 5) is 0. The molecular weight excluding hydrogens is 255 g/mol. The van der Waals surface area contributed by atoms with Gasteiger partial charge in [0.25, 0.3) is 0 Å². The number of benzene rings is 1. The highest BCUT2D eigenvalue weighted by atomic mass is 19.2. The van der Waals surface area contributed by atoms with E-state index in [1.807, 2.05) is 20.8 Å². The smallest absolute Gasteiger partial charge is 0.194 e. The highest BCUT2D eigenvalue weighted by Crippen LogP contribution is 2.25. The zero-order chi connectivity index (χ0) is 14.4. The molecule has 0 saturated carbocycles. The second-order valence-corrected chi connectivity index (χ2v) is 5.34. The Labute approximate surface area is 108 Å². The average Bonchev–Trinajstić information content (AvgIpc) is 2.67. The Morgan fingerprint density at radius 1 is 1.05 bits per heavy atom. The van der Waals surface area contributed by atoms with Crippen LogP contribution in [0.4, 0.5) is 19.0 Å². The van der Waals surface area contributed by atoms with Crippen LogP contribution in [0.25, 0.3) is 5.69 Å². The molecule has 19 heavy (non-hydrogen) atoms. The number of anilines is 1. The molecule has 0 bridgehead atoms. The number of rotatable bonds is 1. The van der Waals surface area contributed by atoms with Crippen molar-refractivity contribution >= 4 is 5.82 Å². The van der Waals surface area contributed by atoms with E-state index in [-0.39, 0.29) is 16.9 Å². The van der Waals surface area contributed by atoms with Crippen LogP contribution in [-0.2, 0) is 5.41 Å². The van der Waals surface area contributed by atoms with Gasteiger partial charge < -0.3 is 5.73 Å². The third-order valence-electron chi connectivity index (χ3n) is 2.72. The van der Waals surface area contributed by atoms with E-state index in [9.17, 15) is 13.2 Å². The molecule has 1 heterocycles. The Kier molecular flexibility index (Phi) is 3.04. The van der Waals surface area contributed by atoms with Crippen LogP contribution in [0.3, 0.4) is 0 Å². The molecule has 102 valence electrons. The molecule has 2 aromatic rings. The topological polar surface area (TPSA) is 43.8 Å². The molecule has 1 aromatic heterocycles. The predicted molar refractivity (Wildman–Crippen MR) is 66.6 cm³/mol. The fourth-order valence-corrected chi connectivity index (χ4v) is 1.63. The minimum absolute atomic E-state index is 0.0457. The van der Waals surface area contributed by atoms with Crippen LogP contribution in [-0.4, -0.2) is 9.78 Å². The van der Waals surface area contributed by atoms with Crippen molar-refractivity contribution in [3.8, 4) is 5.69 Å². The van der Waals surface area contributed by atoms with Gasteiger partial charge in [-0.05, 0) is 0 Å². The number of hydrogen-bond acceptors (Lipinski definition) is 2. The van der Waals surface area contributed by atoms with Crippen molar-refractivity contribution in [2.24, 2.45) is 0 Å². The van der Waals surface area contributed by atoms with Gasteiger partial charge in [-0.1, -0.05) is 20.8 Å². The SMILES string of the molecule is CC(C)(C)c1cc(N)n(-c2cc(F)c(F)c(F)c2)n1. The summed E-state index contributed by atoms with van der Waals surface area (Å²) in [6.07, 6.45) is 0. The van der Waals surface area contributed by atoms with E-state index >= 15 is 0 Å². The summed E-state index contributed by atoms with van der Waals surface area (Å²) >= 11 is 0. The molecule has 2 rings (SSSR count). The van der Waals surface area contributed by atoms with Crippen LogP contribution in [0.1, 0.15) is 26.5 Å². The Balaban J connectivity index is 2.57. The molecule has 0 atom stereocenters. The maximum atomic E-state index is 13.2. The molecule has 0 aliphatic carbocycles. The van der Waals surface area contributed by atoms with Crippen molar-refractivity contribution in [2.45, 2.75) is 26.2 Å². The van der Waals surface area contributed by atoms with E-state index in [1.165, 1.54) is 4.68 Å². The minimum Gasteiger partial charge on any atom is -0.384 e. The Morgan fingerprint density at radius 2 is 1.58 bits per heavy atom. The maximum absolute atomic E-state index is 13.2. The fourth-order valence-electron chi connectivity index (χ4n) is 1.63. The standard InChI is InChI=1S/C13H14F3N3/c1-13(2,3)10-6-11(17)19(18-10)7-4-8(14)12(16)9(15)5-7/h4-6H,17H2,1-3H3. The third kappa shape index (κ3) is 2.43. The van der Waals surface area contributed by atoms with Crippen LogP contribution in [0.2, 0.25) is 0 Å². The number of aromatic nitrogens is 2. The minimum atomic E-state index is -1.51. The Bertz CT molecular complexity index is 604. The first-order valence-corrected chi connectivity index (χ1v) is 5.71. The summed E-state index contributed by atoms with van der Waals surface area (Å²) in [6.45, 7) is 5.81. The molecule has 1 aromatic carbocycles.